The van der Waals surface area contributed by atoms with Crippen molar-refractivity contribution in [3.05, 3.63) is 64.0 Å². The Labute approximate surface area is 116 Å². The minimum Gasteiger partial charge on any atom is -0.354 e. The first-order valence-corrected chi connectivity index (χ1v) is 6.21. The van der Waals surface area contributed by atoms with E-state index in [1.54, 1.807) is 12.1 Å². The summed E-state index contributed by atoms with van der Waals surface area (Å²) in [5.74, 6) is -0.425. The van der Waals surface area contributed by atoms with E-state index in [0.29, 0.717) is 13.0 Å². The van der Waals surface area contributed by atoms with Crippen LogP contribution in [0, 0.1) is 10.1 Å². The predicted octanol–water partition coefficient (Wildman–Crippen LogP) is 1.91. The van der Waals surface area contributed by atoms with Crippen molar-refractivity contribution in [2.24, 2.45) is 7.05 Å². The van der Waals surface area contributed by atoms with E-state index in [4.69, 9.17) is 0 Å². The third kappa shape index (κ3) is 3.03. The summed E-state index contributed by atoms with van der Waals surface area (Å²) in [5.41, 5.74) is 1.00. The SMILES string of the molecule is Cn1cccc1CCNC(=O)c1ccccc1[N+](=O)[O-]. The molecular formula is C14H15N3O3. The second-order valence-corrected chi connectivity index (χ2v) is 4.39. The number of aromatic nitrogens is 1. The van der Waals surface area contributed by atoms with Crippen LogP contribution in [0.2, 0.25) is 0 Å². The number of nitro groups is 1. The van der Waals surface area contributed by atoms with Crippen LogP contribution in [0.5, 0.6) is 0 Å². The smallest absolute Gasteiger partial charge is 0.282 e. The minimum absolute atomic E-state index is 0.0874. The minimum atomic E-state index is -0.549. The van der Waals surface area contributed by atoms with E-state index in [1.807, 2.05) is 29.9 Å². The largest absolute Gasteiger partial charge is 0.354 e. The van der Waals surface area contributed by atoms with Crippen molar-refractivity contribution in [1.29, 1.82) is 0 Å². The highest BCUT2D eigenvalue weighted by Gasteiger charge is 2.18. The summed E-state index contributed by atoms with van der Waals surface area (Å²) < 4.78 is 1.97. The Morgan fingerprint density at radius 2 is 2.05 bits per heavy atom. The van der Waals surface area contributed by atoms with Gasteiger partial charge < -0.3 is 9.88 Å². The number of rotatable bonds is 5. The van der Waals surface area contributed by atoms with E-state index in [1.165, 1.54) is 12.1 Å². The van der Waals surface area contributed by atoms with Crippen LogP contribution in [0.15, 0.2) is 42.6 Å². The number of para-hydroxylation sites is 1. The Morgan fingerprint density at radius 3 is 2.70 bits per heavy atom. The molecule has 0 atom stereocenters. The van der Waals surface area contributed by atoms with Gasteiger partial charge in [0.15, 0.2) is 0 Å². The fourth-order valence-electron chi connectivity index (χ4n) is 1.98. The lowest BCUT2D eigenvalue weighted by Crippen LogP contribution is -2.26. The Morgan fingerprint density at radius 1 is 1.30 bits per heavy atom. The summed E-state index contributed by atoms with van der Waals surface area (Å²) in [6.07, 6.45) is 2.61. The van der Waals surface area contributed by atoms with Gasteiger partial charge in [-0.25, -0.2) is 0 Å². The van der Waals surface area contributed by atoms with Crippen molar-refractivity contribution < 1.29 is 9.72 Å². The summed E-state index contributed by atoms with van der Waals surface area (Å²) in [7, 11) is 1.93. The number of aryl methyl sites for hydroxylation is 1. The second kappa shape index (κ2) is 6.01. The average molecular weight is 273 g/mol. The van der Waals surface area contributed by atoms with Crippen LogP contribution in [0.4, 0.5) is 5.69 Å². The van der Waals surface area contributed by atoms with Crippen LogP contribution in [0.3, 0.4) is 0 Å². The predicted molar refractivity (Wildman–Crippen MR) is 74.5 cm³/mol. The van der Waals surface area contributed by atoms with Gasteiger partial charge in [-0.1, -0.05) is 12.1 Å². The Balaban J connectivity index is 1.99. The molecule has 1 N–H and O–H groups in total. The maximum atomic E-state index is 12.0. The van der Waals surface area contributed by atoms with Gasteiger partial charge in [0, 0.05) is 38.0 Å². The second-order valence-electron chi connectivity index (χ2n) is 4.39. The standard InChI is InChI=1S/C14H15N3O3/c1-16-10-4-5-11(16)8-9-15-14(18)12-6-2-3-7-13(12)17(19)20/h2-7,10H,8-9H2,1H3,(H,15,18). The van der Waals surface area contributed by atoms with Crippen LogP contribution in [-0.4, -0.2) is 21.9 Å². The number of nitrogens with zero attached hydrogens (tertiary/aromatic N) is 2. The molecule has 1 aromatic carbocycles. The fourth-order valence-corrected chi connectivity index (χ4v) is 1.98. The first-order chi connectivity index (χ1) is 9.59. The monoisotopic (exact) mass is 273 g/mol. The zero-order valence-electron chi connectivity index (χ0n) is 11.1. The zero-order valence-corrected chi connectivity index (χ0v) is 11.1. The van der Waals surface area contributed by atoms with Gasteiger partial charge in [-0.3, -0.25) is 14.9 Å². The molecule has 1 amide bonds. The van der Waals surface area contributed by atoms with Crippen LogP contribution < -0.4 is 5.32 Å². The fraction of sp³-hybridized carbons (Fsp3) is 0.214. The molecule has 0 aliphatic rings. The molecular weight excluding hydrogens is 258 g/mol. The normalized spacial score (nSPS) is 10.2. The summed E-state index contributed by atoms with van der Waals surface area (Å²) >= 11 is 0. The highest BCUT2D eigenvalue weighted by atomic mass is 16.6. The number of nitro benzene ring substituents is 1. The Kier molecular flexibility index (Phi) is 4.14. The third-order valence-electron chi connectivity index (χ3n) is 3.06. The quantitative estimate of drug-likeness (QED) is 0.667. The third-order valence-corrected chi connectivity index (χ3v) is 3.06. The van der Waals surface area contributed by atoms with E-state index in [9.17, 15) is 14.9 Å². The molecule has 0 spiro atoms. The molecule has 0 fully saturated rings. The maximum Gasteiger partial charge on any atom is 0.282 e. The first-order valence-electron chi connectivity index (χ1n) is 6.21. The van der Waals surface area contributed by atoms with Gasteiger partial charge in [-0.15, -0.1) is 0 Å². The van der Waals surface area contributed by atoms with E-state index in [2.05, 4.69) is 5.32 Å². The average Bonchev–Trinajstić information content (AvgIpc) is 2.84. The number of hydrogen-bond acceptors (Lipinski definition) is 3. The molecule has 2 rings (SSSR count). The first kappa shape index (κ1) is 13.8. The van der Waals surface area contributed by atoms with Gasteiger partial charge in [-0.2, -0.15) is 0 Å². The lowest BCUT2D eigenvalue weighted by Gasteiger charge is -2.06. The molecule has 0 radical (unpaired) electrons. The molecule has 6 nitrogen and oxygen atoms in total. The van der Waals surface area contributed by atoms with Gasteiger partial charge in [0.2, 0.25) is 0 Å². The highest BCUT2D eigenvalue weighted by molar-refractivity contribution is 5.98. The maximum absolute atomic E-state index is 12.0. The van der Waals surface area contributed by atoms with E-state index >= 15 is 0 Å². The molecule has 1 aromatic heterocycles. The number of benzene rings is 1. The number of carbonyl (C=O) groups excluding carboxylic acids is 1. The van der Waals surface area contributed by atoms with Crippen molar-refractivity contribution in [3.63, 3.8) is 0 Å². The Bertz CT molecular complexity index is 634. The van der Waals surface area contributed by atoms with Crippen molar-refractivity contribution >= 4 is 11.6 Å². The van der Waals surface area contributed by atoms with Crippen molar-refractivity contribution in [2.75, 3.05) is 6.54 Å². The van der Waals surface area contributed by atoms with Gasteiger partial charge in [0.25, 0.3) is 11.6 Å². The van der Waals surface area contributed by atoms with E-state index in [-0.39, 0.29) is 11.3 Å². The van der Waals surface area contributed by atoms with Crippen molar-refractivity contribution in [3.8, 4) is 0 Å². The molecule has 0 saturated heterocycles. The molecule has 1 heterocycles. The summed E-state index contributed by atoms with van der Waals surface area (Å²) in [6.45, 7) is 0.433. The van der Waals surface area contributed by atoms with Crippen LogP contribution in [0.1, 0.15) is 16.1 Å². The van der Waals surface area contributed by atoms with Crippen LogP contribution >= 0.6 is 0 Å². The van der Waals surface area contributed by atoms with Crippen LogP contribution in [-0.2, 0) is 13.5 Å². The lowest BCUT2D eigenvalue weighted by atomic mass is 10.1. The van der Waals surface area contributed by atoms with Gasteiger partial charge in [-0.05, 0) is 18.2 Å². The number of carbonyl (C=O) groups is 1. The molecule has 0 aliphatic heterocycles. The van der Waals surface area contributed by atoms with Crippen molar-refractivity contribution in [2.45, 2.75) is 6.42 Å². The van der Waals surface area contributed by atoms with Gasteiger partial charge in [0.1, 0.15) is 5.56 Å². The molecule has 6 heteroatoms. The van der Waals surface area contributed by atoms with Crippen molar-refractivity contribution in [1.82, 2.24) is 9.88 Å². The molecule has 0 aliphatic carbocycles. The zero-order chi connectivity index (χ0) is 14.5. The van der Waals surface area contributed by atoms with Gasteiger partial charge >= 0.3 is 0 Å². The topological polar surface area (TPSA) is 77.2 Å². The number of nitrogens with one attached hydrogen (secondary N) is 1. The molecule has 104 valence electrons. The van der Waals surface area contributed by atoms with E-state index < -0.39 is 10.8 Å². The summed E-state index contributed by atoms with van der Waals surface area (Å²) in [6, 6.07) is 9.83. The van der Waals surface area contributed by atoms with Crippen LogP contribution in [0.25, 0.3) is 0 Å². The summed E-state index contributed by atoms with van der Waals surface area (Å²) in [4.78, 5) is 22.3. The molecule has 20 heavy (non-hydrogen) atoms. The molecule has 2 aromatic rings. The lowest BCUT2D eigenvalue weighted by molar-refractivity contribution is -0.385. The number of amides is 1. The Hall–Kier alpha value is -2.63. The molecule has 0 unspecified atom stereocenters. The molecule has 0 saturated carbocycles. The van der Waals surface area contributed by atoms with E-state index in [0.717, 1.165) is 5.69 Å². The highest BCUT2D eigenvalue weighted by Crippen LogP contribution is 2.17. The summed E-state index contributed by atoms with van der Waals surface area (Å²) in [5, 5.41) is 13.6. The van der Waals surface area contributed by atoms with Gasteiger partial charge in [0.05, 0.1) is 4.92 Å². The number of hydrogen-bond donors (Lipinski definition) is 1. The molecule has 0 bridgehead atoms.